The lowest BCUT2D eigenvalue weighted by molar-refractivity contribution is 0.231. The average molecular weight is 554 g/mol. The van der Waals surface area contributed by atoms with Crippen molar-refractivity contribution in [2.45, 2.75) is 143 Å². The topological polar surface area (TPSA) is 18.5 Å². The van der Waals surface area contributed by atoms with Crippen molar-refractivity contribution in [2.24, 2.45) is 5.92 Å². The number of ether oxygens (including phenoxy) is 2. The van der Waals surface area contributed by atoms with Crippen molar-refractivity contribution in [2.75, 3.05) is 18.5 Å². The Morgan fingerprint density at radius 3 is 1.71 bits per heavy atom. The van der Waals surface area contributed by atoms with Crippen molar-refractivity contribution < 1.29 is 9.47 Å². The number of hydrogen-bond acceptors (Lipinski definition) is 2. The molecule has 35 heavy (non-hydrogen) atoms. The molecular weight excluding hydrogens is 496 g/mol. The third-order valence-corrected chi connectivity index (χ3v) is 7.65. The highest BCUT2D eigenvalue weighted by atomic mass is 79.9. The Kier molecular flexibility index (Phi) is 21.9. The maximum Gasteiger partial charge on any atom is 0.123 e. The summed E-state index contributed by atoms with van der Waals surface area (Å²) in [7, 11) is 0. The quantitative estimate of drug-likeness (QED) is 0.0885. The summed E-state index contributed by atoms with van der Waals surface area (Å²) in [5, 5.41) is 0.977. The van der Waals surface area contributed by atoms with Gasteiger partial charge in [-0.25, -0.2) is 0 Å². The van der Waals surface area contributed by atoms with Gasteiger partial charge in [-0.15, -0.1) is 0 Å². The molecule has 0 saturated heterocycles. The molecule has 0 fully saturated rings. The lowest BCUT2D eigenvalue weighted by Crippen LogP contribution is -2.11. The van der Waals surface area contributed by atoms with E-state index in [1.54, 1.807) is 0 Å². The Morgan fingerprint density at radius 2 is 1.17 bits per heavy atom. The van der Waals surface area contributed by atoms with E-state index in [9.17, 15) is 0 Å². The van der Waals surface area contributed by atoms with E-state index in [0.717, 1.165) is 42.9 Å². The third kappa shape index (κ3) is 18.2. The van der Waals surface area contributed by atoms with Crippen LogP contribution < -0.4 is 9.47 Å². The van der Waals surface area contributed by atoms with Crippen molar-refractivity contribution in [1.29, 1.82) is 0 Å². The van der Waals surface area contributed by atoms with Crippen LogP contribution >= 0.6 is 15.9 Å². The second-order valence-electron chi connectivity index (χ2n) is 10.4. The zero-order chi connectivity index (χ0) is 25.4. The molecule has 0 spiro atoms. The van der Waals surface area contributed by atoms with Crippen LogP contribution in [0.15, 0.2) is 18.2 Å². The first kappa shape index (κ1) is 32.3. The van der Waals surface area contributed by atoms with E-state index in [0.29, 0.717) is 5.92 Å². The van der Waals surface area contributed by atoms with Crippen molar-refractivity contribution in [1.82, 2.24) is 0 Å². The fourth-order valence-corrected chi connectivity index (χ4v) is 4.87. The van der Waals surface area contributed by atoms with E-state index in [4.69, 9.17) is 9.47 Å². The van der Waals surface area contributed by atoms with Gasteiger partial charge in [0.1, 0.15) is 11.5 Å². The van der Waals surface area contributed by atoms with Gasteiger partial charge in [-0.2, -0.15) is 0 Å². The molecule has 0 saturated carbocycles. The number of benzene rings is 1. The van der Waals surface area contributed by atoms with Crippen LogP contribution in [-0.4, -0.2) is 18.5 Å². The lowest BCUT2D eigenvalue weighted by Gasteiger charge is -2.17. The van der Waals surface area contributed by atoms with Gasteiger partial charge in [0, 0.05) is 11.4 Å². The van der Waals surface area contributed by atoms with Gasteiger partial charge in [0.25, 0.3) is 0 Å². The second-order valence-corrected chi connectivity index (χ2v) is 11.2. The van der Waals surface area contributed by atoms with Gasteiger partial charge in [0.15, 0.2) is 0 Å². The average Bonchev–Trinajstić information content (AvgIpc) is 2.87. The molecule has 1 aromatic carbocycles. The fraction of sp³-hybridized carbons (Fsp3) is 0.812. The largest absolute Gasteiger partial charge is 0.493 e. The highest BCUT2D eigenvalue weighted by Gasteiger charge is 2.09. The van der Waals surface area contributed by atoms with Gasteiger partial charge in [-0.05, 0) is 49.3 Å². The van der Waals surface area contributed by atoms with Crippen molar-refractivity contribution in [3.8, 4) is 11.5 Å². The molecule has 1 unspecified atom stereocenters. The Labute approximate surface area is 227 Å². The van der Waals surface area contributed by atoms with E-state index in [1.165, 1.54) is 115 Å². The Bertz CT molecular complexity index is 589. The molecule has 0 aliphatic rings. The molecule has 3 heteroatoms. The summed E-state index contributed by atoms with van der Waals surface area (Å²) < 4.78 is 12.3. The standard InChI is InChI=1S/C32H57BrO2/c1-4-7-9-10-11-12-13-14-15-16-17-18-19-22-30-25-31(34-24-20-23-33)27-32(26-30)35-28-29(6-3)21-8-5-2/h25-27,29H,4-24,28H2,1-3H3. The van der Waals surface area contributed by atoms with E-state index in [-0.39, 0.29) is 0 Å². The molecule has 0 amide bonds. The minimum absolute atomic E-state index is 0.650. The van der Waals surface area contributed by atoms with Gasteiger partial charge >= 0.3 is 0 Å². The van der Waals surface area contributed by atoms with Crippen LogP contribution in [0, 0.1) is 5.92 Å². The smallest absolute Gasteiger partial charge is 0.123 e. The van der Waals surface area contributed by atoms with Crippen molar-refractivity contribution in [3.05, 3.63) is 23.8 Å². The first-order chi connectivity index (χ1) is 17.2. The Hall–Kier alpha value is -0.700. The molecule has 0 aromatic heterocycles. The van der Waals surface area contributed by atoms with E-state index < -0.39 is 0 Å². The Morgan fingerprint density at radius 1 is 0.629 bits per heavy atom. The summed E-state index contributed by atoms with van der Waals surface area (Å²) >= 11 is 3.50. The molecule has 1 rings (SSSR count). The zero-order valence-electron chi connectivity index (χ0n) is 23.6. The molecule has 0 aliphatic carbocycles. The summed E-state index contributed by atoms with van der Waals surface area (Å²) in [5.41, 5.74) is 1.36. The van der Waals surface area contributed by atoms with Crippen molar-refractivity contribution >= 4 is 15.9 Å². The number of alkyl halides is 1. The molecular formula is C32H57BrO2. The molecule has 0 heterocycles. The maximum absolute atomic E-state index is 6.27. The van der Waals surface area contributed by atoms with Gasteiger partial charge in [-0.3, -0.25) is 0 Å². The van der Waals surface area contributed by atoms with Crippen molar-refractivity contribution in [3.63, 3.8) is 0 Å². The molecule has 2 nitrogen and oxygen atoms in total. The highest BCUT2D eigenvalue weighted by molar-refractivity contribution is 9.09. The summed E-state index contributed by atoms with van der Waals surface area (Å²) in [5.74, 6) is 2.60. The van der Waals surface area contributed by atoms with Gasteiger partial charge in [-0.1, -0.05) is 133 Å². The minimum Gasteiger partial charge on any atom is -0.493 e. The predicted octanol–water partition coefficient (Wildman–Crippen LogP) is 11.1. The number of hydrogen-bond donors (Lipinski definition) is 0. The molecule has 204 valence electrons. The van der Waals surface area contributed by atoms with Crippen LogP contribution in [0.2, 0.25) is 0 Å². The van der Waals surface area contributed by atoms with Crippen LogP contribution in [0.1, 0.15) is 142 Å². The molecule has 0 N–H and O–H groups in total. The molecule has 0 radical (unpaired) electrons. The predicted molar refractivity (Wildman–Crippen MR) is 159 cm³/mol. The summed E-state index contributed by atoms with van der Waals surface area (Å²) in [6.07, 6.45) is 25.3. The SMILES string of the molecule is CCCCCCCCCCCCCCCc1cc(OCCCBr)cc(OCC(CC)CCCC)c1. The van der Waals surface area contributed by atoms with E-state index >= 15 is 0 Å². The third-order valence-electron chi connectivity index (χ3n) is 7.08. The monoisotopic (exact) mass is 552 g/mol. The highest BCUT2D eigenvalue weighted by Crippen LogP contribution is 2.26. The van der Waals surface area contributed by atoms with Crippen LogP contribution in [0.4, 0.5) is 0 Å². The fourth-order valence-electron chi connectivity index (χ4n) is 4.65. The summed E-state index contributed by atoms with van der Waals surface area (Å²) in [4.78, 5) is 0. The van der Waals surface area contributed by atoms with Gasteiger partial charge in [0.2, 0.25) is 0 Å². The number of rotatable bonds is 25. The first-order valence-electron chi connectivity index (χ1n) is 15.2. The summed E-state index contributed by atoms with van der Waals surface area (Å²) in [6, 6.07) is 6.58. The minimum atomic E-state index is 0.650. The lowest BCUT2D eigenvalue weighted by atomic mass is 10.0. The maximum atomic E-state index is 6.27. The number of halogens is 1. The zero-order valence-corrected chi connectivity index (χ0v) is 25.1. The van der Waals surface area contributed by atoms with Crippen LogP contribution in [0.3, 0.4) is 0 Å². The van der Waals surface area contributed by atoms with Crippen LogP contribution in [0.5, 0.6) is 11.5 Å². The van der Waals surface area contributed by atoms with Gasteiger partial charge in [0.05, 0.1) is 13.2 Å². The summed E-state index contributed by atoms with van der Waals surface area (Å²) in [6.45, 7) is 8.41. The van der Waals surface area contributed by atoms with E-state index in [1.807, 2.05) is 0 Å². The molecule has 1 aromatic rings. The first-order valence-corrected chi connectivity index (χ1v) is 16.3. The molecule has 1 atom stereocenters. The number of aryl methyl sites for hydroxylation is 1. The normalized spacial score (nSPS) is 12.1. The van der Waals surface area contributed by atoms with Crippen LogP contribution in [-0.2, 0) is 6.42 Å². The molecule has 0 bridgehead atoms. The second kappa shape index (κ2) is 23.7. The van der Waals surface area contributed by atoms with Crippen LogP contribution in [0.25, 0.3) is 0 Å². The molecule has 0 aliphatic heterocycles. The van der Waals surface area contributed by atoms with Gasteiger partial charge < -0.3 is 9.47 Å². The van der Waals surface area contributed by atoms with E-state index in [2.05, 4.69) is 54.9 Å². The number of unbranched alkanes of at least 4 members (excludes halogenated alkanes) is 13. The Balaban J connectivity index is 2.34.